The van der Waals surface area contributed by atoms with Crippen molar-refractivity contribution in [2.24, 2.45) is 5.92 Å². The molecular formula is C8H17NO. The third kappa shape index (κ3) is 1.50. The van der Waals surface area contributed by atoms with Crippen molar-refractivity contribution in [1.82, 2.24) is 4.90 Å². The SMILES string of the molecule is CCN(C(C)O)C1CC1C. The van der Waals surface area contributed by atoms with Crippen LogP contribution in [-0.2, 0) is 0 Å². The van der Waals surface area contributed by atoms with E-state index in [0.29, 0.717) is 6.04 Å². The Labute approximate surface area is 62.8 Å². The lowest BCUT2D eigenvalue weighted by atomic mass is 10.4. The van der Waals surface area contributed by atoms with Crippen LogP contribution in [0.25, 0.3) is 0 Å². The van der Waals surface area contributed by atoms with Crippen molar-refractivity contribution in [3.05, 3.63) is 0 Å². The lowest BCUT2D eigenvalue weighted by Gasteiger charge is -2.23. The summed E-state index contributed by atoms with van der Waals surface area (Å²) in [5.74, 6) is 0.801. The molecule has 0 radical (unpaired) electrons. The summed E-state index contributed by atoms with van der Waals surface area (Å²) in [7, 11) is 0. The Kier molecular flexibility index (Phi) is 2.32. The summed E-state index contributed by atoms with van der Waals surface area (Å²) in [4.78, 5) is 2.14. The molecule has 1 saturated carbocycles. The number of nitrogens with zero attached hydrogens (tertiary/aromatic N) is 1. The number of aliphatic hydroxyl groups is 1. The normalized spacial score (nSPS) is 34.5. The topological polar surface area (TPSA) is 23.5 Å². The van der Waals surface area contributed by atoms with Crippen molar-refractivity contribution in [3.63, 3.8) is 0 Å². The molecule has 60 valence electrons. The summed E-state index contributed by atoms with van der Waals surface area (Å²) in [6.45, 7) is 7.13. The van der Waals surface area contributed by atoms with Gasteiger partial charge in [0.15, 0.2) is 0 Å². The maximum absolute atomic E-state index is 9.27. The highest BCUT2D eigenvalue weighted by molar-refractivity contribution is 4.91. The van der Waals surface area contributed by atoms with Gasteiger partial charge in [-0.1, -0.05) is 13.8 Å². The fourth-order valence-corrected chi connectivity index (χ4v) is 1.54. The molecule has 1 N–H and O–H groups in total. The molecular weight excluding hydrogens is 126 g/mol. The standard InChI is InChI=1S/C8H17NO/c1-4-9(7(3)10)8-5-6(8)2/h6-8,10H,4-5H2,1-3H3. The van der Waals surface area contributed by atoms with Crippen LogP contribution >= 0.6 is 0 Å². The van der Waals surface area contributed by atoms with E-state index in [-0.39, 0.29) is 6.23 Å². The number of aliphatic hydroxyl groups excluding tert-OH is 1. The number of rotatable bonds is 3. The van der Waals surface area contributed by atoms with E-state index in [0.717, 1.165) is 12.5 Å². The van der Waals surface area contributed by atoms with Crippen molar-refractivity contribution >= 4 is 0 Å². The predicted octanol–water partition coefficient (Wildman–Crippen LogP) is 1.05. The summed E-state index contributed by atoms with van der Waals surface area (Å²) in [5, 5.41) is 9.27. The fraction of sp³-hybridized carbons (Fsp3) is 1.00. The Morgan fingerprint density at radius 1 is 1.70 bits per heavy atom. The zero-order valence-electron chi connectivity index (χ0n) is 7.04. The highest BCUT2D eigenvalue weighted by Gasteiger charge is 2.38. The van der Waals surface area contributed by atoms with Crippen molar-refractivity contribution in [2.45, 2.75) is 39.5 Å². The molecule has 0 aromatic carbocycles. The van der Waals surface area contributed by atoms with Gasteiger partial charge in [-0.3, -0.25) is 4.90 Å². The molecule has 0 saturated heterocycles. The van der Waals surface area contributed by atoms with Gasteiger partial charge in [-0.2, -0.15) is 0 Å². The minimum absolute atomic E-state index is 0.264. The van der Waals surface area contributed by atoms with Crippen LogP contribution < -0.4 is 0 Å². The zero-order chi connectivity index (χ0) is 7.72. The van der Waals surface area contributed by atoms with Gasteiger partial charge in [-0.25, -0.2) is 0 Å². The number of hydrogen-bond donors (Lipinski definition) is 1. The molecule has 0 spiro atoms. The van der Waals surface area contributed by atoms with Crippen LogP contribution in [0.2, 0.25) is 0 Å². The average Bonchev–Trinajstić information content (AvgIpc) is 2.48. The number of hydrogen-bond acceptors (Lipinski definition) is 2. The van der Waals surface area contributed by atoms with Crippen LogP contribution in [0.3, 0.4) is 0 Å². The largest absolute Gasteiger partial charge is 0.379 e. The van der Waals surface area contributed by atoms with E-state index in [9.17, 15) is 5.11 Å². The molecule has 10 heavy (non-hydrogen) atoms. The van der Waals surface area contributed by atoms with Crippen LogP contribution in [0.4, 0.5) is 0 Å². The maximum atomic E-state index is 9.27. The molecule has 1 rings (SSSR count). The van der Waals surface area contributed by atoms with Gasteiger partial charge in [0.25, 0.3) is 0 Å². The lowest BCUT2D eigenvalue weighted by Crippen LogP contribution is -2.35. The Balaban J connectivity index is 2.34. The fourth-order valence-electron chi connectivity index (χ4n) is 1.54. The zero-order valence-corrected chi connectivity index (χ0v) is 7.04. The predicted molar refractivity (Wildman–Crippen MR) is 41.6 cm³/mol. The van der Waals surface area contributed by atoms with Gasteiger partial charge in [0.1, 0.15) is 6.23 Å². The van der Waals surface area contributed by atoms with Crippen molar-refractivity contribution < 1.29 is 5.11 Å². The minimum Gasteiger partial charge on any atom is -0.379 e. The molecule has 0 aliphatic heterocycles. The Hall–Kier alpha value is -0.0800. The van der Waals surface area contributed by atoms with Gasteiger partial charge in [0.2, 0.25) is 0 Å². The molecule has 0 aromatic rings. The van der Waals surface area contributed by atoms with Gasteiger partial charge >= 0.3 is 0 Å². The summed E-state index contributed by atoms with van der Waals surface area (Å²) < 4.78 is 0. The first-order valence-corrected chi connectivity index (χ1v) is 4.10. The van der Waals surface area contributed by atoms with Gasteiger partial charge in [-0.15, -0.1) is 0 Å². The Morgan fingerprint density at radius 2 is 2.20 bits per heavy atom. The molecule has 0 bridgehead atoms. The van der Waals surface area contributed by atoms with Gasteiger partial charge < -0.3 is 5.11 Å². The molecule has 1 fully saturated rings. The molecule has 1 aliphatic rings. The van der Waals surface area contributed by atoms with E-state index in [2.05, 4.69) is 18.7 Å². The second kappa shape index (κ2) is 2.89. The van der Waals surface area contributed by atoms with Crippen LogP contribution in [0.15, 0.2) is 0 Å². The van der Waals surface area contributed by atoms with E-state index >= 15 is 0 Å². The van der Waals surface area contributed by atoms with E-state index < -0.39 is 0 Å². The van der Waals surface area contributed by atoms with Crippen LogP contribution in [0.1, 0.15) is 27.2 Å². The van der Waals surface area contributed by atoms with E-state index in [1.54, 1.807) is 0 Å². The lowest BCUT2D eigenvalue weighted by molar-refractivity contribution is 0.0135. The first-order chi connectivity index (χ1) is 4.66. The van der Waals surface area contributed by atoms with Gasteiger partial charge in [-0.05, 0) is 25.8 Å². The smallest absolute Gasteiger partial charge is 0.104 e. The first kappa shape index (κ1) is 8.02. The second-order valence-electron chi connectivity index (χ2n) is 3.24. The molecule has 2 heteroatoms. The van der Waals surface area contributed by atoms with Crippen molar-refractivity contribution in [3.8, 4) is 0 Å². The summed E-state index contributed by atoms with van der Waals surface area (Å²) in [6, 6.07) is 0.657. The third-order valence-electron chi connectivity index (χ3n) is 2.34. The summed E-state index contributed by atoms with van der Waals surface area (Å²) in [5.41, 5.74) is 0. The Bertz CT molecular complexity index is 114. The van der Waals surface area contributed by atoms with Crippen LogP contribution in [0, 0.1) is 5.92 Å². The van der Waals surface area contributed by atoms with Crippen molar-refractivity contribution in [1.29, 1.82) is 0 Å². The molecule has 2 nitrogen and oxygen atoms in total. The van der Waals surface area contributed by atoms with Crippen molar-refractivity contribution in [2.75, 3.05) is 6.54 Å². The molecule has 3 unspecified atom stereocenters. The van der Waals surface area contributed by atoms with E-state index in [1.807, 2.05) is 6.92 Å². The third-order valence-corrected chi connectivity index (χ3v) is 2.34. The molecule has 1 aliphatic carbocycles. The average molecular weight is 143 g/mol. The monoisotopic (exact) mass is 143 g/mol. The quantitative estimate of drug-likeness (QED) is 0.597. The second-order valence-corrected chi connectivity index (χ2v) is 3.24. The molecule has 0 amide bonds. The molecule has 0 aromatic heterocycles. The molecule has 0 heterocycles. The minimum atomic E-state index is -0.264. The molecule has 3 atom stereocenters. The first-order valence-electron chi connectivity index (χ1n) is 4.10. The van der Waals surface area contributed by atoms with E-state index in [1.165, 1.54) is 6.42 Å². The highest BCUT2D eigenvalue weighted by Crippen LogP contribution is 2.35. The van der Waals surface area contributed by atoms with E-state index in [4.69, 9.17) is 0 Å². The maximum Gasteiger partial charge on any atom is 0.104 e. The Morgan fingerprint density at radius 3 is 2.30 bits per heavy atom. The van der Waals surface area contributed by atoms with Crippen LogP contribution in [0.5, 0.6) is 0 Å². The van der Waals surface area contributed by atoms with Crippen LogP contribution in [-0.4, -0.2) is 28.8 Å². The van der Waals surface area contributed by atoms with Gasteiger partial charge in [0.05, 0.1) is 0 Å². The summed E-state index contributed by atoms with van der Waals surface area (Å²) in [6.07, 6.45) is 0.999. The summed E-state index contributed by atoms with van der Waals surface area (Å²) >= 11 is 0. The highest BCUT2D eigenvalue weighted by atomic mass is 16.3. The van der Waals surface area contributed by atoms with Gasteiger partial charge in [0, 0.05) is 6.04 Å².